The number of hydrogen-bond acceptors (Lipinski definition) is 5. The number of amides is 1. The van der Waals surface area contributed by atoms with E-state index in [1.165, 1.54) is 5.56 Å². The Balaban J connectivity index is 1.33. The van der Waals surface area contributed by atoms with E-state index in [1.54, 1.807) is 0 Å². The zero-order chi connectivity index (χ0) is 24.9. The molecule has 4 aromatic rings. The molecule has 0 aliphatic heterocycles. The lowest BCUT2D eigenvalue weighted by Gasteiger charge is -2.11. The van der Waals surface area contributed by atoms with Gasteiger partial charge in [-0.3, -0.25) is 10.1 Å². The number of rotatable bonds is 7. The molecule has 0 radical (unpaired) electrons. The molecular weight excluding hydrogens is 458 g/mol. The molecule has 180 valence electrons. The Bertz CT molecular complexity index is 1340. The van der Waals surface area contributed by atoms with Crippen LogP contribution in [0.5, 0.6) is 5.75 Å². The molecule has 1 heterocycles. The van der Waals surface area contributed by atoms with Crippen LogP contribution in [0.2, 0.25) is 0 Å². The third kappa shape index (κ3) is 6.25. The van der Waals surface area contributed by atoms with Crippen LogP contribution in [0.4, 0.5) is 5.69 Å². The molecule has 0 unspecified atom stereocenters. The minimum Gasteiger partial charge on any atom is -0.484 e. The van der Waals surface area contributed by atoms with Gasteiger partial charge in [0.2, 0.25) is 5.89 Å². The number of carbonyl (C=O) groups excluding carboxylic acids is 1. The fraction of sp³-hybridized carbons (Fsp3) is 0.250. The highest BCUT2D eigenvalue weighted by atomic mass is 32.1. The van der Waals surface area contributed by atoms with Crippen molar-refractivity contribution in [2.75, 3.05) is 11.9 Å². The molecule has 1 aromatic heterocycles. The quantitative estimate of drug-likeness (QED) is 0.289. The van der Waals surface area contributed by atoms with Crippen LogP contribution in [0, 0.1) is 13.8 Å². The molecule has 2 N–H and O–H groups in total. The number of benzene rings is 3. The number of ether oxygens (including phenoxy) is 1. The van der Waals surface area contributed by atoms with E-state index in [2.05, 4.69) is 41.6 Å². The van der Waals surface area contributed by atoms with Gasteiger partial charge in [0.25, 0.3) is 5.91 Å². The predicted molar refractivity (Wildman–Crippen MR) is 144 cm³/mol. The summed E-state index contributed by atoms with van der Waals surface area (Å²) < 4.78 is 11.5. The first kappa shape index (κ1) is 24.4. The lowest BCUT2D eigenvalue weighted by atomic mass is 9.98. The molecule has 0 saturated heterocycles. The van der Waals surface area contributed by atoms with Crippen molar-refractivity contribution in [3.8, 4) is 17.2 Å². The Morgan fingerprint density at radius 1 is 1.06 bits per heavy atom. The summed E-state index contributed by atoms with van der Waals surface area (Å²) in [6.45, 7) is 8.23. The predicted octanol–water partition coefficient (Wildman–Crippen LogP) is 6.52. The molecule has 3 aromatic carbocycles. The lowest BCUT2D eigenvalue weighted by molar-refractivity contribution is -0.121. The SMILES string of the molecule is CC[C@H](C)c1ccc2oc(-c3ccc(NC(=S)NC(=O)COc4cc(C)cc(C)c4)cc3)nc2c1. The van der Waals surface area contributed by atoms with Crippen LogP contribution in [0.25, 0.3) is 22.6 Å². The van der Waals surface area contributed by atoms with Gasteiger partial charge in [-0.05, 0) is 104 Å². The molecule has 0 saturated carbocycles. The Hall–Kier alpha value is -3.71. The smallest absolute Gasteiger partial charge is 0.264 e. The second-order valence-corrected chi connectivity index (χ2v) is 9.16. The summed E-state index contributed by atoms with van der Waals surface area (Å²) in [5.41, 5.74) is 6.63. The average Bonchev–Trinajstić information content (AvgIpc) is 3.25. The molecule has 6 nitrogen and oxygen atoms in total. The normalized spacial score (nSPS) is 11.8. The summed E-state index contributed by atoms with van der Waals surface area (Å²) in [6.07, 6.45) is 1.08. The Kier molecular flexibility index (Phi) is 7.46. The van der Waals surface area contributed by atoms with Crippen LogP contribution in [-0.4, -0.2) is 22.6 Å². The first-order valence-corrected chi connectivity index (χ1v) is 12.0. The van der Waals surface area contributed by atoms with Gasteiger partial charge < -0.3 is 14.5 Å². The van der Waals surface area contributed by atoms with Crippen molar-refractivity contribution < 1.29 is 13.9 Å². The minimum atomic E-state index is -0.332. The molecule has 0 bridgehead atoms. The maximum Gasteiger partial charge on any atom is 0.264 e. The largest absolute Gasteiger partial charge is 0.484 e. The molecule has 7 heteroatoms. The molecule has 0 fully saturated rings. The van der Waals surface area contributed by atoms with Gasteiger partial charge in [0.15, 0.2) is 17.3 Å². The monoisotopic (exact) mass is 487 g/mol. The number of thiocarbonyl (C=S) groups is 1. The van der Waals surface area contributed by atoms with Gasteiger partial charge in [0.05, 0.1) is 0 Å². The van der Waals surface area contributed by atoms with Gasteiger partial charge in [-0.2, -0.15) is 0 Å². The first-order chi connectivity index (χ1) is 16.8. The molecule has 0 spiro atoms. The van der Waals surface area contributed by atoms with Crippen molar-refractivity contribution in [1.29, 1.82) is 0 Å². The number of anilines is 1. The summed E-state index contributed by atoms with van der Waals surface area (Å²) in [7, 11) is 0. The number of nitrogens with one attached hydrogen (secondary N) is 2. The summed E-state index contributed by atoms with van der Waals surface area (Å²) >= 11 is 5.27. The second kappa shape index (κ2) is 10.7. The zero-order valence-corrected chi connectivity index (χ0v) is 21.2. The van der Waals surface area contributed by atoms with Crippen molar-refractivity contribution >= 4 is 40.0 Å². The van der Waals surface area contributed by atoms with Crippen molar-refractivity contribution in [2.45, 2.75) is 40.0 Å². The maximum atomic E-state index is 12.2. The van der Waals surface area contributed by atoms with E-state index < -0.39 is 0 Å². The highest BCUT2D eigenvalue weighted by Crippen LogP contribution is 2.28. The van der Waals surface area contributed by atoms with Gasteiger partial charge in [-0.15, -0.1) is 0 Å². The van der Waals surface area contributed by atoms with E-state index in [-0.39, 0.29) is 17.6 Å². The number of carbonyl (C=O) groups is 1. The van der Waals surface area contributed by atoms with Crippen molar-refractivity contribution in [3.05, 3.63) is 77.4 Å². The zero-order valence-electron chi connectivity index (χ0n) is 20.3. The van der Waals surface area contributed by atoms with Gasteiger partial charge in [0.1, 0.15) is 11.3 Å². The van der Waals surface area contributed by atoms with Crippen LogP contribution in [0.1, 0.15) is 42.9 Å². The van der Waals surface area contributed by atoms with Crippen LogP contribution in [0.3, 0.4) is 0 Å². The molecular formula is C28H29N3O3S. The second-order valence-electron chi connectivity index (χ2n) is 8.75. The minimum absolute atomic E-state index is 0.125. The van der Waals surface area contributed by atoms with E-state index in [1.807, 2.05) is 62.4 Å². The van der Waals surface area contributed by atoms with Gasteiger partial charge >= 0.3 is 0 Å². The van der Waals surface area contributed by atoms with E-state index in [0.29, 0.717) is 17.6 Å². The number of hydrogen-bond donors (Lipinski definition) is 2. The fourth-order valence-electron chi connectivity index (χ4n) is 3.80. The van der Waals surface area contributed by atoms with Crippen molar-refractivity contribution in [2.24, 2.45) is 0 Å². The first-order valence-electron chi connectivity index (χ1n) is 11.6. The molecule has 1 atom stereocenters. The van der Waals surface area contributed by atoms with Crippen molar-refractivity contribution in [1.82, 2.24) is 10.3 Å². The topological polar surface area (TPSA) is 76.4 Å². The Morgan fingerprint density at radius 2 is 1.77 bits per heavy atom. The van der Waals surface area contributed by atoms with Crippen LogP contribution in [0.15, 0.2) is 65.1 Å². The van der Waals surface area contributed by atoms with Gasteiger partial charge in [-0.1, -0.05) is 26.0 Å². The average molecular weight is 488 g/mol. The number of aryl methyl sites for hydroxylation is 2. The summed E-state index contributed by atoms with van der Waals surface area (Å²) in [5, 5.41) is 5.85. The third-order valence-corrected chi connectivity index (χ3v) is 6.00. The van der Waals surface area contributed by atoms with Gasteiger partial charge in [0, 0.05) is 11.3 Å². The molecule has 0 aliphatic rings. The third-order valence-electron chi connectivity index (χ3n) is 5.80. The van der Waals surface area contributed by atoms with Crippen molar-refractivity contribution in [3.63, 3.8) is 0 Å². The number of nitrogens with zero attached hydrogens (tertiary/aromatic N) is 1. The molecule has 4 rings (SSSR count). The fourth-order valence-corrected chi connectivity index (χ4v) is 4.03. The number of fused-ring (bicyclic) bond motifs is 1. The number of aromatic nitrogens is 1. The van der Waals surface area contributed by atoms with Gasteiger partial charge in [-0.25, -0.2) is 4.98 Å². The molecule has 1 amide bonds. The highest BCUT2D eigenvalue weighted by molar-refractivity contribution is 7.80. The standard InChI is InChI=1S/C28H29N3O3S/c1-5-19(4)21-8-11-25-24(15-21)30-27(34-25)20-6-9-22(10-7-20)29-28(35)31-26(32)16-33-23-13-17(2)12-18(3)14-23/h6-15,19H,5,16H2,1-4H3,(H2,29,31,32,35)/t19-/m0/s1. The lowest BCUT2D eigenvalue weighted by Crippen LogP contribution is -2.37. The van der Waals surface area contributed by atoms with Crippen LogP contribution < -0.4 is 15.4 Å². The van der Waals surface area contributed by atoms with E-state index in [0.717, 1.165) is 39.9 Å². The van der Waals surface area contributed by atoms with E-state index >= 15 is 0 Å². The molecule has 35 heavy (non-hydrogen) atoms. The summed E-state index contributed by atoms with van der Waals surface area (Å²) in [6, 6.07) is 19.5. The summed E-state index contributed by atoms with van der Waals surface area (Å²) in [5.74, 6) is 1.36. The van der Waals surface area contributed by atoms with Crippen LogP contribution >= 0.6 is 12.2 Å². The van der Waals surface area contributed by atoms with Crippen LogP contribution in [-0.2, 0) is 4.79 Å². The maximum absolute atomic E-state index is 12.2. The Labute approximate surface area is 210 Å². The molecule has 0 aliphatic carbocycles. The highest BCUT2D eigenvalue weighted by Gasteiger charge is 2.12. The Morgan fingerprint density at radius 3 is 2.46 bits per heavy atom. The van der Waals surface area contributed by atoms with E-state index in [4.69, 9.17) is 21.4 Å². The number of oxazole rings is 1. The summed E-state index contributed by atoms with van der Waals surface area (Å²) in [4.78, 5) is 16.9. The van der Waals surface area contributed by atoms with E-state index in [9.17, 15) is 4.79 Å².